The molecule has 7 nitrogen and oxygen atoms in total. The lowest BCUT2D eigenvalue weighted by Gasteiger charge is -2.19. The summed E-state index contributed by atoms with van der Waals surface area (Å²) in [5.41, 5.74) is 2.21. The Morgan fingerprint density at radius 1 is 1.04 bits per heavy atom. The monoisotopic (exact) mass is 309 g/mol. The van der Waals surface area contributed by atoms with Crippen LogP contribution in [0.25, 0.3) is 11.2 Å². The van der Waals surface area contributed by atoms with E-state index in [1.807, 2.05) is 49.3 Å². The van der Waals surface area contributed by atoms with Crippen molar-refractivity contribution in [3.05, 3.63) is 42.7 Å². The maximum absolute atomic E-state index is 4.62. The molecular weight excluding hydrogens is 290 g/mol. The van der Waals surface area contributed by atoms with Crippen LogP contribution in [-0.4, -0.2) is 47.1 Å². The van der Waals surface area contributed by atoms with Crippen LogP contribution in [0.15, 0.2) is 42.7 Å². The van der Waals surface area contributed by atoms with E-state index in [1.165, 1.54) is 0 Å². The molecule has 0 aliphatic heterocycles. The lowest BCUT2D eigenvalue weighted by molar-refractivity contribution is 0.762. The topological polar surface area (TPSA) is 78.9 Å². The number of para-hydroxylation sites is 1. The average molecular weight is 309 g/mol. The lowest BCUT2D eigenvalue weighted by Crippen LogP contribution is -2.28. The van der Waals surface area contributed by atoms with Gasteiger partial charge in [0, 0.05) is 38.2 Å². The Morgan fingerprint density at radius 2 is 1.83 bits per heavy atom. The van der Waals surface area contributed by atoms with Crippen molar-refractivity contribution in [3.63, 3.8) is 0 Å². The Kier molecular flexibility index (Phi) is 4.58. The van der Waals surface area contributed by atoms with E-state index in [-0.39, 0.29) is 0 Å². The average Bonchev–Trinajstić information content (AvgIpc) is 2.60. The Bertz CT molecular complexity index is 776. The van der Waals surface area contributed by atoms with E-state index in [2.05, 4.69) is 30.6 Å². The first kappa shape index (κ1) is 15.1. The van der Waals surface area contributed by atoms with Crippen molar-refractivity contribution in [3.8, 4) is 0 Å². The number of fused-ring (bicyclic) bond motifs is 1. The van der Waals surface area contributed by atoms with Crippen molar-refractivity contribution in [2.75, 3.05) is 37.4 Å². The van der Waals surface area contributed by atoms with Gasteiger partial charge in [-0.2, -0.15) is 9.97 Å². The highest BCUT2D eigenvalue weighted by molar-refractivity contribution is 5.84. The molecule has 0 atom stereocenters. The highest BCUT2D eigenvalue weighted by Crippen LogP contribution is 2.22. The van der Waals surface area contributed by atoms with Crippen LogP contribution in [0.4, 0.5) is 17.5 Å². The number of nitrogens with one attached hydrogen (secondary N) is 2. The fourth-order valence-corrected chi connectivity index (χ4v) is 2.21. The molecule has 2 N–H and O–H groups in total. The molecule has 118 valence electrons. The Labute approximate surface area is 134 Å². The molecule has 0 saturated carbocycles. The number of aromatic nitrogens is 4. The highest BCUT2D eigenvalue weighted by atomic mass is 15.2. The first-order valence-corrected chi connectivity index (χ1v) is 7.44. The molecule has 3 rings (SSSR count). The van der Waals surface area contributed by atoms with E-state index < -0.39 is 0 Å². The van der Waals surface area contributed by atoms with E-state index in [4.69, 9.17) is 0 Å². The van der Waals surface area contributed by atoms with Gasteiger partial charge >= 0.3 is 0 Å². The fourth-order valence-electron chi connectivity index (χ4n) is 2.21. The van der Waals surface area contributed by atoms with Gasteiger partial charge in [0.2, 0.25) is 5.95 Å². The zero-order valence-electron chi connectivity index (χ0n) is 13.2. The van der Waals surface area contributed by atoms with Gasteiger partial charge in [-0.05, 0) is 19.2 Å². The van der Waals surface area contributed by atoms with Gasteiger partial charge in [-0.25, -0.2) is 9.97 Å². The molecule has 2 heterocycles. The van der Waals surface area contributed by atoms with Gasteiger partial charge in [0.15, 0.2) is 17.0 Å². The molecule has 0 radical (unpaired) electrons. The second kappa shape index (κ2) is 6.97. The predicted molar refractivity (Wildman–Crippen MR) is 92.0 cm³/mol. The van der Waals surface area contributed by atoms with Crippen LogP contribution >= 0.6 is 0 Å². The van der Waals surface area contributed by atoms with Gasteiger partial charge in [-0.3, -0.25) is 0 Å². The minimum absolute atomic E-state index is 0.510. The van der Waals surface area contributed by atoms with Crippen LogP contribution in [0.2, 0.25) is 0 Å². The molecule has 0 saturated heterocycles. The summed E-state index contributed by atoms with van der Waals surface area (Å²) in [5.74, 6) is 1.27. The number of hydrogen-bond acceptors (Lipinski definition) is 7. The molecule has 0 unspecified atom stereocenters. The molecule has 0 spiro atoms. The van der Waals surface area contributed by atoms with E-state index in [0.717, 1.165) is 24.6 Å². The van der Waals surface area contributed by atoms with Gasteiger partial charge in [0.05, 0.1) is 0 Å². The van der Waals surface area contributed by atoms with Crippen molar-refractivity contribution in [1.29, 1.82) is 0 Å². The number of likely N-dealkylation sites (N-methyl/N-ethyl adjacent to an activating group) is 2. The Morgan fingerprint density at radius 3 is 2.61 bits per heavy atom. The molecular formula is C16H19N7. The molecule has 0 fully saturated rings. The molecule has 0 bridgehead atoms. The SMILES string of the molecule is CNCCN(C)c1nc(Nc2ccccc2)nc2nccnc12. The normalized spacial score (nSPS) is 10.7. The molecule has 2 aromatic heterocycles. The van der Waals surface area contributed by atoms with Gasteiger partial charge in [-0.1, -0.05) is 18.2 Å². The first-order chi connectivity index (χ1) is 11.3. The molecule has 3 aromatic rings. The number of anilines is 3. The van der Waals surface area contributed by atoms with Crippen LogP contribution in [0.1, 0.15) is 0 Å². The third-order valence-electron chi connectivity index (χ3n) is 3.40. The third-order valence-corrected chi connectivity index (χ3v) is 3.40. The maximum Gasteiger partial charge on any atom is 0.231 e. The smallest absolute Gasteiger partial charge is 0.231 e. The summed E-state index contributed by atoms with van der Waals surface area (Å²) in [5, 5.41) is 6.35. The molecule has 23 heavy (non-hydrogen) atoms. The summed E-state index contributed by atoms with van der Waals surface area (Å²) in [4.78, 5) is 19.8. The van der Waals surface area contributed by atoms with Crippen molar-refractivity contribution in [1.82, 2.24) is 25.3 Å². The van der Waals surface area contributed by atoms with Crippen molar-refractivity contribution in [2.24, 2.45) is 0 Å². The quantitative estimate of drug-likeness (QED) is 0.719. The van der Waals surface area contributed by atoms with E-state index >= 15 is 0 Å². The Hall–Kier alpha value is -2.80. The van der Waals surface area contributed by atoms with Crippen molar-refractivity contribution in [2.45, 2.75) is 0 Å². The van der Waals surface area contributed by atoms with Gasteiger partial charge in [0.25, 0.3) is 0 Å². The van der Waals surface area contributed by atoms with Crippen molar-refractivity contribution >= 4 is 28.6 Å². The second-order valence-electron chi connectivity index (χ2n) is 5.12. The number of nitrogens with zero attached hydrogens (tertiary/aromatic N) is 5. The van der Waals surface area contributed by atoms with Crippen molar-refractivity contribution < 1.29 is 0 Å². The number of rotatable bonds is 6. The first-order valence-electron chi connectivity index (χ1n) is 7.44. The molecule has 1 aromatic carbocycles. The van der Waals surface area contributed by atoms with Gasteiger partial charge in [-0.15, -0.1) is 0 Å². The zero-order chi connectivity index (χ0) is 16.1. The van der Waals surface area contributed by atoms with E-state index in [0.29, 0.717) is 17.1 Å². The van der Waals surface area contributed by atoms with Crippen LogP contribution in [0.3, 0.4) is 0 Å². The Balaban J connectivity index is 1.99. The summed E-state index contributed by atoms with van der Waals surface area (Å²) in [6, 6.07) is 9.82. The summed E-state index contributed by atoms with van der Waals surface area (Å²) in [6.07, 6.45) is 3.30. The standard InChI is InChI=1S/C16H19N7/c1-17-10-11-23(2)15-13-14(19-9-8-18-13)21-16(22-15)20-12-6-4-3-5-7-12/h3-9,17H,10-11H2,1-2H3,(H,19,20,21,22). The number of benzene rings is 1. The molecule has 0 aliphatic rings. The summed E-state index contributed by atoms with van der Waals surface area (Å²) >= 11 is 0. The fraction of sp³-hybridized carbons (Fsp3) is 0.250. The molecule has 0 aliphatic carbocycles. The summed E-state index contributed by atoms with van der Waals surface area (Å²) in [6.45, 7) is 1.66. The van der Waals surface area contributed by atoms with Crippen LogP contribution in [0, 0.1) is 0 Å². The van der Waals surface area contributed by atoms with Gasteiger partial charge in [0.1, 0.15) is 0 Å². The van der Waals surface area contributed by atoms with E-state index in [9.17, 15) is 0 Å². The number of hydrogen-bond donors (Lipinski definition) is 2. The summed E-state index contributed by atoms with van der Waals surface area (Å²) in [7, 11) is 3.91. The molecule has 0 amide bonds. The highest BCUT2D eigenvalue weighted by Gasteiger charge is 2.13. The predicted octanol–water partition coefficient (Wildman–Crippen LogP) is 1.82. The van der Waals surface area contributed by atoms with Crippen LogP contribution < -0.4 is 15.5 Å². The second-order valence-corrected chi connectivity index (χ2v) is 5.12. The largest absolute Gasteiger partial charge is 0.356 e. The minimum Gasteiger partial charge on any atom is -0.356 e. The summed E-state index contributed by atoms with van der Waals surface area (Å²) < 4.78 is 0. The minimum atomic E-state index is 0.510. The third kappa shape index (κ3) is 3.51. The van der Waals surface area contributed by atoms with E-state index in [1.54, 1.807) is 12.4 Å². The lowest BCUT2D eigenvalue weighted by atomic mass is 10.3. The zero-order valence-corrected chi connectivity index (χ0v) is 13.2. The van der Waals surface area contributed by atoms with Crippen LogP contribution in [0.5, 0.6) is 0 Å². The van der Waals surface area contributed by atoms with Crippen LogP contribution in [-0.2, 0) is 0 Å². The van der Waals surface area contributed by atoms with Gasteiger partial charge < -0.3 is 15.5 Å². The maximum atomic E-state index is 4.62. The molecule has 7 heteroatoms.